The quantitative estimate of drug-likeness (QED) is 0.379. The smallest absolute Gasteiger partial charge is 0.325 e. The minimum Gasteiger partial charge on any atom is -0.486 e. The number of hydrogen-bond acceptors (Lipinski definition) is 8. The van der Waals surface area contributed by atoms with Gasteiger partial charge in [-0.05, 0) is 18.2 Å². The highest BCUT2D eigenvalue weighted by atomic mass is 16.6. The Morgan fingerprint density at radius 2 is 1.82 bits per heavy atom. The van der Waals surface area contributed by atoms with Crippen LogP contribution >= 0.6 is 0 Å². The number of carbonyl (C=O) groups is 4. The molecular weight excluding hydrogens is 446 g/mol. The van der Waals surface area contributed by atoms with Gasteiger partial charge in [-0.25, -0.2) is 4.79 Å². The molecule has 0 fully saturated rings. The number of hydrogen-bond donors (Lipinski definition) is 4. The number of carbonyl (C=O) groups excluding carboxylic acids is 4. The number of nitrogens with one attached hydrogen (secondary N) is 4. The van der Waals surface area contributed by atoms with Gasteiger partial charge in [0.05, 0.1) is 11.9 Å². The van der Waals surface area contributed by atoms with Crippen molar-refractivity contribution >= 4 is 40.4 Å². The molecular formula is C22H21N5O7. The average molecular weight is 467 g/mol. The van der Waals surface area contributed by atoms with Gasteiger partial charge in [-0.2, -0.15) is 5.10 Å². The van der Waals surface area contributed by atoms with E-state index in [1.54, 1.807) is 36.4 Å². The van der Waals surface area contributed by atoms with E-state index in [4.69, 9.17) is 14.2 Å². The lowest BCUT2D eigenvalue weighted by atomic mass is 10.2. The number of anilines is 1. The summed E-state index contributed by atoms with van der Waals surface area (Å²) in [7, 11) is 0. The van der Waals surface area contributed by atoms with Crippen molar-refractivity contribution in [2.45, 2.75) is 6.42 Å². The van der Waals surface area contributed by atoms with Gasteiger partial charge in [0.1, 0.15) is 13.2 Å². The van der Waals surface area contributed by atoms with Crippen molar-refractivity contribution < 1.29 is 33.4 Å². The minimum absolute atomic E-state index is 0.00886. The van der Waals surface area contributed by atoms with Crippen LogP contribution in [0.2, 0.25) is 0 Å². The number of urea groups is 1. The topological polar surface area (TPSA) is 161 Å². The third-order valence-corrected chi connectivity index (χ3v) is 4.72. The zero-order valence-electron chi connectivity index (χ0n) is 17.9. The fourth-order valence-electron chi connectivity index (χ4n) is 3.16. The molecule has 0 atom stereocenters. The molecule has 0 spiro atoms. The molecule has 34 heavy (non-hydrogen) atoms. The summed E-state index contributed by atoms with van der Waals surface area (Å²) in [4.78, 5) is 47.9. The first-order valence-electron chi connectivity index (χ1n) is 10.4. The molecule has 4 N–H and O–H groups in total. The Balaban J connectivity index is 1.15. The summed E-state index contributed by atoms with van der Waals surface area (Å²) >= 11 is 0. The van der Waals surface area contributed by atoms with Crippen molar-refractivity contribution in [3.8, 4) is 11.5 Å². The van der Waals surface area contributed by atoms with Crippen molar-refractivity contribution in [2.24, 2.45) is 0 Å². The van der Waals surface area contributed by atoms with Crippen LogP contribution in [0.3, 0.4) is 0 Å². The number of fused-ring (bicyclic) bond motifs is 2. The zero-order valence-corrected chi connectivity index (χ0v) is 17.9. The third kappa shape index (κ3) is 5.59. The molecule has 4 rings (SSSR count). The van der Waals surface area contributed by atoms with Gasteiger partial charge in [-0.1, -0.05) is 18.2 Å². The van der Waals surface area contributed by atoms with Gasteiger partial charge < -0.3 is 24.8 Å². The maximum Gasteiger partial charge on any atom is 0.325 e. The highest BCUT2D eigenvalue weighted by Gasteiger charge is 2.16. The summed E-state index contributed by atoms with van der Waals surface area (Å²) in [5.41, 5.74) is 1.33. The second-order valence-corrected chi connectivity index (χ2v) is 7.15. The molecule has 0 saturated carbocycles. The van der Waals surface area contributed by atoms with Crippen LogP contribution < -0.4 is 25.4 Å². The van der Waals surface area contributed by atoms with Gasteiger partial charge in [0.15, 0.2) is 23.8 Å². The second-order valence-electron chi connectivity index (χ2n) is 7.15. The summed E-state index contributed by atoms with van der Waals surface area (Å²) in [5, 5.41) is 14.5. The maximum atomic E-state index is 12.2. The van der Waals surface area contributed by atoms with Crippen LogP contribution in [-0.4, -0.2) is 60.4 Å². The van der Waals surface area contributed by atoms with Crippen molar-refractivity contribution in [3.05, 3.63) is 48.2 Å². The van der Waals surface area contributed by atoms with Gasteiger partial charge in [0, 0.05) is 23.7 Å². The maximum absolute atomic E-state index is 12.2. The number of H-pyrrole nitrogens is 1. The predicted molar refractivity (Wildman–Crippen MR) is 119 cm³/mol. The normalized spacial score (nSPS) is 12.0. The number of amides is 4. The summed E-state index contributed by atoms with van der Waals surface area (Å²) in [6, 6.07) is 11.2. The number of aromatic nitrogens is 2. The lowest BCUT2D eigenvalue weighted by Crippen LogP contribution is -2.37. The van der Waals surface area contributed by atoms with Gasteiger partial charge in [0.25, 0.3) is 11.8 Å². The summed E-state index contributed by atoms with van der Waals surface area (Å²) < 4.78 is 15.7. The largest absolute Gasteiger partial charge is 0.486 e. The molecule has 12 nitrogen and oxygen atoms in total. The summed E-state index contributed by atoms with van der Waals surface area (Å²) in [6.07, 6.45) is -0.162. The molecule has 1 aromatic heterocycles. The SMILES string of the molecule is O=C(COC(=O)CCNC(=O)c1n[nH]c2ccccc12)NC(=O)Nc1ccc2c(c1)OCCO2. The van der Waals surface area contributed by atoms with E-state index >= 15 is 0 Å². The van der Waals surface area contributed by atoms with E-state index < -0.39 is 30.4 Å². The monoisotopic (exact) mass is 467 g/mol. The van der Waals surface area contributed by atoms with Gasteiger partial charge in [-0.3, -0.25) is 24.8 Å². The molecule has 176 valence electrons. The van der Waals surface area contributed by atoms with E-state index in [9.17, 15) is 19.2 Å². The second kappa shape index (κ2) is 10.3. The molecule has 12 heteroatoms. The Bertz CT molecular complexity index is 1240. The average Bonchev–Trinajstić information content (AvgIpc) is 3.27. The standard InChI is InChI=1S/C22H21N5O7/c28-18(25-22(31)24-13-5-6-16-17(11-13)33-10-9-32-16)12-34-19(29)7-8-23-21(30)20-14-3-1-2-4-15(14)26-27-20/h1-6,11H,7-10,12H2,(H,23,30)(H,26,27)(H2,24,25,28,31). The molecule has 2 heterocycles. The Kier molecular flexibility index (Phi) is 6.87. The van der Waals surface area contributed by atoms with Crippen molar-refractivity contribution in [1.82, 2.24) is 20.8 Å². The van der Waals surface area contributed by atoms with Crippen molar-refractivity contribution in [2.75, 3.05) is 31.7 Å². The zero-order chi connectivity index (χ0) is 23.9. The fourth-order valence-corrected chi connectivity index (χ4v) is 3.16. The first-order valence-corrected chi connectivity index (χ1v) is 10.4. The van der Waals surface area contributed by atoms with Gasteiger partial charge >= 0.3 is 12.0 Å². The number of ether oxygens (including phenoxy) is 3. The van der Waals surface area contributed by atoms with E-state index in [1.807, 2.05) is 6.07 Å². The predicted octanol–water partition coefficient (Wildman–Crippen LogP) is 1.35. The Morgan fingerprint density at radius 3 is 2.68 bits per heavy atom. The van der Waals surface area contributed by atoms with E-state index in [-0.39, 0.29) is 18.7 Å². The lowest BCUT2D eigenvalue weighted by Gasteiger charge is -2.19. The lowest BCUT2D eigenvalue weighted by molar-refractivity contribution is -0.148. The highest BCUT2D eigenvalue weighted by Crippen LogP contribution is 2.32. The molecule has 0 saturated heterocycles. The van der Waals surface area contributed by atoms with E-state index in [0.29, 0.717) is 35.8 Å². The Labute approximate surface area is 192 Å². The van der Waals surface area contributed by atoms with Crippen molar-refractivity contribution in [1.29, 1.82) is 0 Å². The van der Waals surface area contributed by atoms with Crippen molar-refractivity contribution in [3.63, 3.8) is 0 Å². The number of rotatable bonds is 7. The number of esters is 1. The Morgan fingerprint density at radius 1 is 1.03 bits per heavy atom. The number of para-hydroxylation sites is 1. The molecule has 0 unspecified atom stereocenters. The molecule has 0 bridgehead atoms. The molecule has 3 aromatic rings. The number of aromatic amines is 1. The van der Waals surface area contributed by atoms with E-state index in [2.05, 4.69) is 26.1 Å². The molecule has 1 aliphatic rings. The van der Waals surface area contributed by atoms with Crippen LogP contribution in [0.15, 0.2) is 42.5 Å². The number of benzene rings is 2. The number of imide groups is 1. The van der Waals surface area contributed by atoms with E-state index in [0.717, 1.165) is 5.52 Å². The van der Waals surface area contributed by atoms with Crippen LogP contribution in [0, 0.1) is 0 Å². The third-order valence-electron chi connectivity index (χ3n) is 4.72. The van der Waals surface area contributed by atoms with Crippen LogP contribution in [0.5, 0.6) is 11.5 Å². The molecule has 1 aliphatic heterocycles. The first kappa shape index (κ1) is 22.6. The van der Waals surface area contributed by atoms with E-state index in [1.165, 1.54) is 0 Å². The number of nitrogens with zero attached hydrogens (tertiary/aromatic N) is 1. The van der Waals surface area contributed by atoms with Crippen LogP contribution in [0.25, 0.3) is 10.9 Å². The molecule has 4 amide bonds. The van der Waals surface area contributed by atoms with Crippen LogP contribution in [-0.2, 0) is 14.3 Å². The fraction of sp³-hybridized carbons (Fsp3) is 0.227. The van der Waals surface area contributed by atoms with Crippen LogP contribution in [0.4, 0.5) is 10.5 Å². The van der Waals surface area contributed by atoms with Gasteiger partial charge in [-0.15, -0.1) is 0 Å². The summed E-state index contributed by atoms with van der Waals surface area (Å²) in [6.45, 7) is 0.188. The minimum atomic E-state index is -0.810. The van der Waals surface area contributed by atoms with Gasteiger partial charge in [0.2, 0.25) is 0 Å². The highest BCUT2D eigenvalue weighted by molar-refractivity contribution is 6.04. The molecule has 0 aliphatic carbocycles. The Hall–Kier alpha value is -4.61. The molecule has 2 aromatic carbocycles. The first-order chi connectivity index (χ1) is 16.5. The summed E-state index contributed by atoms with van der Waals surface area (Å²) in [5.74, 6) is -0.922. The van der Waals surface area contributed by atoms with Crippen LogP contribution in [0.1, 0.15) is 16.9 Å². The molecule has 0 radical (unpaired) electrons.